The molecule has 0 saturated heterocycles. The summed E-state index contributed by atoms with van der Waals surface area (Å²) in [7, 11) is 1.93. The second-order valence-electron chi connectivity index (χ2n) is 4.72. The zero-order valence-electron chi connectivity index (χ0n) is 11.1. The molecule has 0 saturated carbocycles. The van der Waals surface area contributed by atoms with Crippen LogP contribution in [0, 0.1) is 0 Å². The normalized spacial score (nSPS) is 12.6. The van der Waals surface area contributed by atoms with E-state index in [1.54, 1.807) is 0 Å². The maximum Gasteiger partial charge on any atom is 0.303 e. The third kappa shape index (κ3) is 7.30. The number of carboxylic acid groups (broad SMARTS) is 1. The lowest BCUT2D eigenvalue weighted by Crippen LogP contribution is -2.31. The first-order chi connectivity index (χ1) is 8.97. The van der Waals surface area contributed by atoms with Crippen molar-refractivity contribution in [2.24, 2.45) is 0 Å². The van der Waals surface area contributed by atoms with Gasteiger partial charge in [-0.2, -0.15) is 0 Å². The molecule has 0 radical (unpaired) electrons. The molecule has 0 heterocycles. The molecule has 0 spiro atoms. The number of carbonyl (C=O) groups is 1. The Morgan fingerprint density at radius 2 is 2.00 bits per heavy atom. The van der Waals surface area contributed by atoms with E-state index in [0.29, 0.717) is 13.0 Å². The van der Waals surface area contributed by atoms with Gasteiger partial charge in [0.15, 0.2) is 0 Å². The van der Waals surface area contributed by atoms with Crippen molar-refractivity contribution in [3.8, 4) is 0 Å². The molecule has 1 unspecified atom stereocenters. The highest BCUT2D eigenvalue weighted by atomic mass is 79.9. The molecule has 0 amide bonds. The van der Waals surface area contributed by atoms with Crippen LogP contribution in [0.1, 0.15) is 18.4 Å². The lowest BCUT2D eigenvalue weighted by atomic mass is 10.1. The quantitative estimate of drug-likeness (QED) is 0.767. The fourth-order valence-electron chi connectivity index (χ4n) is 1.80. The SMILES string of the molecule is CN(CCc1ccc(Br)cc1)CC(O)CCC(=O)O. The molecule has 0 aliphatic heterocycles. The molecule has 1 atom stereocenters. The van der Waals surface area contributed by atoms with E-state index in [4.69, 9.17) is 5.11 Å². The molecule has 0 fully saturated rings. The van der Waals surface area contributed by atoms with E-state index >= 15 is 0 Å². The Balaban J connectivity index is 2.25. The summed E-state index contributed by atoms with van der Waals surface area (Å²) in [4.78, 5) is 12.4. The lowest BCUT2D eigenvalue weighted by molar-refractivity contribution is -0.137. The van der Waals surface area contributed by atoms with Gasteiger partial charge in [0, 0.05) is 24.0 Å². The van der Waals surface area contributed by atoms with E-state index < -0.39 is 12.1 Å². The molecule has 106 valence electrons. The van der Waals surface area contributed by atoms with Gasteiger partial charge in [0.25, 0.3) is 0 Å². The van der Waals surface area contributed by atoms with Crippen LogP contribution in [0.15, 0.2) is 28.7 Å². The molecule has 19 heavy (non-hydrogen) atoms. The molecule has 5 heteroatoms. The largest absolute Gasteiger partial charge is 0.481 e. The Morgan fingerprint density at radius 3 is 2.58 bits per heavy atom. The number of rotatable bonds is 8. The molecule has 1 rings (SSSR count). The summed E-state index contributed by atoms with van der Waals surface area (Å²) in [5, 5.41) is 18.2. The first kappa shape index (κ1) is 16.1. The molecule has 0 aliphatic rings. The van der Waals surface area contributed by atoms with E-state index in [-0.39, 0.29) is 6.42 Å². The van der Waals surface area contributed by atoms with Crippen molar-refractivity contribution in [2.45, 2.75) is 25.4 Å². The molecule has 2 N–H and O–H groups in total. The fourth-order valence-corrected chi connectivity index (χ4v) is 2.07. The van der Waals surface area contributed by atoms with Crippen molar-refractivity contribution in [1.82, 2.24) is 4.90 Å². The summed E-state index contributed by atoms with van der Waals surface area (Å²) < 4.78 is 1.06. The van der Waals surface area contributed by atoms with Crippen molar-refractivity contribution < 1.29 is 15.0 Å². The second kappa shape index (κ2) is 8.30. The van der Waals surface area contributed by atoms with E-state index in [2.05, 4.69) is 28.1 Å². The monoisotopic (exact) mass is 329 g/mol. The molecule has 1 aromatic carbocycles. The average Bonchev–Trinajstić information content (AvgIpc) is 2.36. The van der Waals surface area contributed by atoms with Crippen molar-refractivity contribution in [3.05, 3.63) is 34.3 Å². The number of hydrogen-bond donors (Lipinski definition) is 2. The number of nitrogens with zero attached hydrogens (tertiary/aromatic N) is 1. The van der Waals surface area contributed by atoms with Crippen LogP contribution in [0.5, 0.6) is 0 Å². The zero-order chi connectivity index (χ0) is 14.3. The van der Waals surface area contributed by atoms with Crippen molar-refractivity contribution in [2.75, 3.05) is 20.1 Å². The first-order valence-electron chi connectivity index (χ1n) is 6.30. The molecule has 1 aromatic rings. The van der Waals surface area contributed by atoms with E-state index in [0.717, 1.165) is 17.4 Å². The average molecular weight is 330 g/mol. The van der Waals surface area contributed by atoms with Crippen LogP contribution in [0.25, 0.3) is 0 Å². The fraction of sp³-hybridized carbons (Fsp3) is 0.500. The predicted octanol–water partition coefficient (Wildman–Crippen LogP) is 2.15. The van der Waals surface area contributed by atoms with Gasteiger partial charge in [0.05, 0.1) is 6.10 Å². The van der Waals surface area contributed by atoms with Gasteiger partial charge in [0.1, 0.15) is 0 Å². The minimum atomic E-state index is -0.864. The van der Waals surface area contributed by atoms with Crippen LogP contribution < -0.4 is 0 Å². The van der Waals surface area contributed by atoms with Crippen LogP contribution >= 0.6 is 15.9 Å². The van der Waals surface area contributed by atoms with Crippen LogP contribution in [-0.4, -0.2) is 47.3 Å². The number of aliphatic hydroxyl groups excluding tert-OH is 1. The van der Waals surface area contributed by atoms with Crippen molar-refractivity contribution >= 4 is 21.9 Å². The number of hydrogen-bond acceptors (Lipinski definition) is 3. The summed E-state index contributed by atoms with van der Waals surface area (Å²) >= 11 is 3.40. The van der Waals surface area contributed by atoms with Gasteiger partial charge in [-0.1, -0.05) is 28.1 Å². The maximum atomic E-state index is 10.4. The van der Waals surface area contributed by atoms with Gasteiger partial charge < -0.3 is 15.1 Å². The topological polar surface area (TPSA) is 60.8 Å². The van der Waals surface area contributed by atoms with E-state index in [1.807, 2.05) is 24.1 Å². The third-order valence-electron chi connectivity index (χ3n) is 2.91. The number of halogens is 1. The summed E-state index contributed by atoms with van der Waals surface area (Å²) in [6, 6.07) is 8.16. The van der Waals surface area contributed by atoms with Gasteiger partial charge in [-0.15, -0.1) is 0 Å². The molecule has 0 aromatic heterocycles. The Labute approximate surface area is 122 Å². The van der Waals surface area contributed by atoms with Gasteiger partial charge in [-0.25, -0.2) is 0 Å². The smallest absolute Gasteiger partial charge is 0.303 e. The van der Waals surface area contributed by atoms with Gasteiger partial charge in [0.2, 0.25) is 0 Å². The van der Waals surface area contributed by atoms with Crippen LogP contribution in [0.2, 0.25) is 0 Å². The standard InChI is InChI=1S/C14H20BrNO3/c1-16(10-13(17)6-7-14(18)19)9-8-11-2-4-12(15)5-3-11/h2-5,13,17H,6-10H2,1H3,(H,18,19). The Morgan fingerprint density at radius 1 is 1.37 bits per heavy atom. The lowest BCUT2D eigenvalue weighted by Gasteiger charge is -2.20. The predicted molar refractivity (Wildman–Crippen MR) is 78.2 cm³/mol. The summed E-state index contributed by atoms with van der Waals surface area (Å²) in [6.07, 6.45) is 0.653. The highest BCUT2D eigenvalue weighted by molar-refractivity contribution is 9.10. The number of aliphatic carboxylic acids is 1. The van der Waals surface area contributed by atoms with Crippen molar-refractivity contribution in [3.63, 3.8) is 0 Å². The van der Waals surface area contributed by atoms with Crippen LogP contribution in [0.4, 0.5) is 0 Å². The first-order valence-corrected chi connectivity index (χ1v) is 7.09. The molecule has 4 nitrogen and oxygen atoms in total. The van der Waals surface area contributed by atoms with Crippen LogP contribution in [-0.2, 0) is 11.2 Å². The highest BCUT2D eigenvalue weighted by Gasteiger charge is 2.10. The molecular weight excluding hydrogens is 310 g/mol. The summed E-state index contributed by atoms with van der Waals surface area (Å²) in [6.45, 7) is 1.34. The minimum Gasteiger partial charge on any atom is -0.481 e. The summed E-state index contributed by atoms with van der Waals surface area (Å²) in [5.41, 5.74) is 1.25. The summed E-state index contributed by atoms with van der Waals surface area (Å²) in [5.74, 6) is -0.864. The van der Waals surface area contributed by atoms with Gasteiger partial charge in [-0.05, 0) is 37.6 Å². The number of benzene rings is 1. The van der Waals surface area contributed by atoms with E-state index in [9.17, 15) is 9.90 Å². The Hall–Kier alpha value is -0.910. The van der Waals surface area contributed by atoms with Crippen molar-refractivity contribution in [1.29, 1.82) is 0 Å². The molecule has 0 bridgehead atoms. The molecule has 0 aliphatic carbocycles. The number of likely N-dealkylation sites (N-methyl/N-ethyl adjacent to an activating group) is 1. The third-order valence-corrected chi connectivity index (χ3v) is 3.44. The maximum absolute atomic E-state index is 10.4. The Bertz CT molecular complexity index is 394. The zero-order valence-corrected chi connectivity index (χ0v) is 12.6. The number of carboxylic acids is 1. The van der Waals surface area contributed by atoms with E-state index in [1.165, 1.54) is 5.56 Å². The van der Waals surface area contributed by atoms with Gasteiger partial charge in [-0.3, -0.25) is 4.79 Å². The van der Waals surface area contributed by atoms with Gasteiger partial charge >= 0.3 is 5.97 Å². The Kier molecular flexibility index (Phi) is 7.05. The second-order valence-corrected chi connectivity index (χ2v) is 5.64. The minimum absolute atomic E-state index is 0.0156. The van der Waals surface area contributed by atoms with Crippen LogP contribution in [0.3, 0.4) is 0 Å². The number of aliphatic hydroxyl groups is 1. The molecular formula is C14H20BrNO3. The highest BCUT2D eigenvalue weighted by Crippen LogP contribution is 2.11.